The third-order valence-electron chi connectivity index (χ3n) is 6.02. The second-order valence-electron chi connectivity index (χ2n) is 8.04. The molecule has 0 N–H and O–H groups in total. The van der Waals surface area contributed by atoms with Crippen molar-refractivity contribution in [2.24, 2.45) is 0 Å². The van der Waals surface area contributed by atoms with E-state index in [-0.39, 0.29) is 0 Å². The van der Waals surface area contributed by atoms with E-state index in [1.165, 1.54) is 62.9 Å². The molecule has 2 aromatic rings. The normalized spacial score (nSPS) is 12.0. The number of hydrogen-bond donors (Lipinski definition) is 0. The summed E-state index contributed by atoms with van der Waals surface area (Å²) in [5.41, 5.74) is 2.91. The van der Waals surface area contributed by atoms with Crippen LogP contribution in [0.3, 0.4) is 0 Å². The molecule has 0 saturated heterocycles. The molecular formula is C24H39NSn. The van der Waals surface area contributed by atoms with Crippen LogP contribution in [0.2, 0.25) is 13.3 Å². The molecule has 2 heteroatoms. The van der Waals surface area contributed by atoms with Crippen LogP contribution in [0.1, 0.15) is 64.9 Å². The Bertz CT molecular complexity index is 676. The molecule has 1 aromatic heterocycles. The number of nitrogens with zero attached hydrogens (tertiary/aromatic N) is 1. The van der Waals surface area contributed by atoms with Crippen LogP contribution in [0.5, 0.6) is 0 Å². The van der Waals surface area contributed by atoms with Gasteiger partial charge < -0.3 is 0 Å². The molecule has 0 spiro atoms. The fraction of sp³-hybridized carbons (Fsp3) is 0.583. The molecule has 144 valence electrons. The maximum atomic E-state index is 3.96. The van der Waals surface area contributed by atoms with E-state index in [0.29, 0.717) is 0 Å². The Morgan fingerprint density at radius 2 is 1.54 bits per heavy atom. The molecule has 0 bridgehead atoms. The van der Waals surface area contributed by atoms with Gasteiger partial charge in [-0.15, -0.1) is 0 Å². The number of fused-ring (bicyclic) bond motifs is 1. The van der Waals surface area contributed by atoms with E-state index < -0.39 is 18.4 Å². The average Bonchev–Trinajstić information content (AvgIpc) is 2.98. The fourth-order valence-corrected chi connectivity index (χ4v) is 21.6. The number of rotatable bonds is 12. The molecule has 0 saturated carbocycles. The summed E-state index contributed by atoms with van der Waals surface area (Å²) in [5, 5.41) is 1.61. The quantitative estimate of drug-likeness (QED) is 0.233. The van der Waals surface area contributed by atoms with Gasteiger partial charge in [-0.2, -0.15) is 0 Å². The number of hydrogen-bond acceptors (Lipinski definition) is 0. The van der Waals surface area contributed by atoms with E-state index in [1.807, 2.05) is 9.66 Å². The molecule has 2 rings (SSSR count). The zero-order chi connectivity index (χ0) is 19.0. The van der Waals surface area contributed by atoms with Crippen LogP contribution in [-0.4, -0.2) is 22.9 Å². The van der Waals surface area contributed by atoms with Gasteiger partial charge in [0.05, 0.1) is 0 Å². The number of benzene rings is 1. The van der Waals surface area contributed by atoms with Gasteiger partial charge in [0, 0.05) is 0 Å². The van der Waals surface area contributed by atoms with Crippen LogP contribution in [0.4, 0.5) is 0 Å². The van der Waals surface area contributed by atoms with Crippen molar-refractivity contribution in [1.82, 2.24) is 4.57 Å². The molecule has 0 aliphatic heterocycles. The van der Waals surface area contributed by atoms with Gasteiger partial charge >= 0.3 is 166 Å². The summed E-state index contributed by atoms with van der Waals surface area (Å²) in [4.78, 5) is 0. The molecule has 1 heterocycles. The zero-order valence-electron chi connectivity index (χ0n) is 17.6. The Balaban J connectivity index is 2.62. The maximum absolute atomic E-state index is 3.96. The molecule has 26 heavy (non-hydrogen) atoms. The van der Waals surface area contributed by atoms with Gasteiger partial charge in [-0.05, 0) is 0 Å². The molecule has 0 atom stereocenters. The van der Waals surface area contributed by atoms with Crippen LogP contribution in [0, 0.1) is 6.92 Å². The predicted octanol–water partition coefficient (Wildman–Crippen LogP) is 7.19. The van der Waals surface area contributed by atoms with E-state index in [2.05, 4.69) is 63.2 Å². The average molecular weight is 460 g/mol. The second kappa shape index (κ2) is 10.6. The molecule has 1 aromatic carbocycles. The van der Waals surface area contributed by atoms with Gasteiger partial charge in [0.1, 0.15) is 0 Å². The van der Waals surface area contributed by atoms with Crippen molar-refractivity contribution in [1.29, 1.82) is 0 Å². The van der Waals surface area contributed by atoms with Gasteiger partial charge in [0.15, 0.2) is 0 Å². The molecule has 0 aliphatic carbocycles. The van der Waals surface area contributed by atoms with E-state index >= 15 is 0 Å². The molecule has 0 amide bonds. The number of unbranched alkanes of at least 4 members (excludes halogenated alkanes) is 3. The van der Waals surface area contributed by atoms with Crippen molar-refractivity contribution in [2.75, 3.05) is 0 Å². The zero-order valence-corrected chi connectivity index (χ0v) is 20.5. The predicted molar refractivity (Wildman–Crippen MR) is 121 cm³/mol. The number of allylic oxidation sites excluding steroid dienone is 1. The van der Waals surface area contributed by atoms with Crippen LogP contribution in [0.15, 0.2) is 37.1 Å². The van der Waals surface area contributed by atoms with Gasteiger partial charge in [-0.3, -0.25) is 0 Å². The van der Waals surface area contributed by atoms with Gasteiger partial charge in [-0.1, -0.05) is 0 Å². The third kappa shape index (κ3) is 4.77. The second-order valence-corrected chi connectivity index (χ2v) is 21.2. The third-order valence-corrected chi connectivity index (χ3v) is 21.7. The minimum atomic E-state index is -2.41. The Kier molecular flexibility index (Phi) is 8.79. The summed E-state index contributed by atoms with van der Waals surface area (Å²) >= 11 is -2.41. The Hall–Kier alpha value is -0.701. The Morgan fingerprint density at radius 3 is 2.04 bits per heavy atom. The van der Waals surface area contributed by atoms with Crippen LogP contribution >= 0.6 is 0 Å². The molecule has 0 unspecified atom stereocenters. The molecule has 0 fully saturated rings. The standard InChI is InChI=1S/C12H12N.3C4H9.Sn/c1-3-8-13-9-10(2)11-6-4-5-7-12(11)13;3*1-3-4-2;/h3-5,7,9H,1,8H2,2H3;3*1,3-4H2,2H3;. The van der Waals surface area contributed by atoms with Crippen molar-refractivity contribution in [3.05, 3.63) is 42.6 Å². The summed E-state index contributed by atoms with van der Waals surface area (Å²) in [6, 6.07) is 7.20. The topological polar surface area (TPSA) is 4.93 Å². The SMILES string of the molecule is C=CCn1cc(C)c2[c]([Sn]([CH2]CCC)([CH2]CCC)[CH2]CCC)cccc21. The van der Waals surface area contributed by atoms with Crippen molar-refractivity contribution in [2.45, 2.75) is 86.1 Å². The summed E-state index contributed by atoms with van der Waals surface area (Å²) < 4.78 is 8.84. The summed E-state index contributed by atoms with van der Waals surface area (Å²) in [7, 11) is 0. The Morgan fingerprint density at radius 1 is 0.962 bits per heavy atom. The first-order valence-electron chi connectivity index (χ1n) is 10.8. The van der Waals surface area contributed by atoms with Crippen molar-refractivity contribution in [3.63, 3.8) is 0 Å². The van der Waals surface area contributed by atoms with Crippen molar-refractivity contribution >= 4 is 32.9 Å². The summed E-state index contributed by atoms with van der Waals surface area (Å²) in [6.07, 6.45) is 12.7. The first kappa shape index (κ1) is 21.6. The molecular weight excluding hydrogens is 421 g/mol. The summed E-state index contributed by atoms with van der Waals surface area (Å²) in [6.45, 7) is 14.3. The van der Waals surface area contributed by atoms with Crippen molar-refractivity contribution < 1.29 is 0 Å². The summed E-state index contributed by atoms with van der Waals surface area (Å²) in [5.74, 6) is 0. The first-order valence-corrected chi connectivity index (χ1v) is 18.3. The number of aromatic nitrogens is 1. The van der Waals surface area contributed by atoms with E-state index in [1.54, 1.807) is 5.39 Å². The van der Waals surface area contributed by atoms with Crippen molar-refractivity contribution in [3.8, 4) is 0 Å². The Labute approximate surface area is 165 Å². The van der Waals surface area contributed by atoms with Gasteiger partial charge in [0.25, 0.3) is 0 Å². The van der Waals surface area contributed by atoms with Gasteiger partial charge in [0.2, 0.25) is 0 Å². The minimum absolute atomic E-state index is 0.912. The van der Waals surface area contributed by atoms with Crippen LogP contribution in [-0.2, 0) is 6.54 Å². The monoisotopic (exact) mass is 461 g/mol. The van der Waals surface area contributed by atoms with E-state index in [0.717, 1.165) is 6.54 Å². The first-order chi connectivity index (χ1) is 12.6. The fourth-order valence-electron chi connectivity index (χ4n) is 4.62. The van der Waals surface area contributed by atoms with Gasteiger partial charge in [-0.25, -0.2) is 0 Å². The van der Waals surface area contributed by atoms with Crippen LogP contribution in [0.25, 0.3) is 10.9 Å². The molecule has 0 aliphatic rings. The van der Waals surface area contributed by atoms with Crippen LogP contribution < -0.4 is 3.58 Å². The number of aryl methyl sites for hydroxylation is 1. The molecule has 1 nitrogen and oxygen atoms in total. The van der Waals surface area contributed by atoms with E-state index in [9.17, 15) is 0 Å². The molecule has 0 radical (unpaired) electrons. The van der Waals surface area contributed by atoms with E-state index in [4.69, 9.17) is 0 Å².